The zero-order valence-electron chi connectivity index (χ0n) is 11.2. The first-order valence-corrected chi connectivity index (χ1v) is 6.23. The van der Waals surface area contributed by atoms with Crippen molar-refractivity contribution < 1.29 is 0 Å². The third-order valence-corrected chi connectivity index (χ3v) is 2.57. The standard InChI is InChI=1S/C14H23N3/c1-5-15-10-13-8-7-9-16-14(13)17(6-2)11-12(3)4/h7-9,15H,3,5-6,10-11H2,1-2,4H3. The quantitative estimate of drug-likeness (QED) is 0.734. The van der Waals surface area contributed by atoms with Gasteiger partial charge in [0.05, 0.1) is 0 Å². The maximum Gasteiger partial charge on any atom is 0.133 e. The lowest BCUT2D eigenvalue weighted by Gasteiger charge is -2.24. The van der Waals surface area contributed by atoms with Gasteiger partial charge in [0.1, 0.15) is 5.82 Å². The van der Waals surface area contributed by atoms with Gasteiger partial charge >= 0.3 is 0 Å². The predicted octanol–water partition coefficient (Wildman–Crippen LogP) is 2.59. The van der Waals surface area contributed by atoms with Crippen LogP contribution in [0.2, 0.25) is 0 Å². The molecule has 0 unspecified atom stereocenters. The van der Waals surface area contributed by atoms with Crippen molar-refractivity contribution in [2.75, 3.05) is 24.5 Å². The van der Waals surface area contributed by atoms with E-state index in [0.29, 0.717) is 0 Å². The lowest BCUT2D eigenvalue weighted by atomic mass is 10.2. The highest BCUT2D eigenvalue weighted by Gasteiger charge is 2.10. The first kappa shape index (κ1) is 13.7. The Morgan fingerprint density at radius 2 is 2.24 bits per heavy atom. The fourth-order valence-corrected chi connectivity index (χ4v) is 1.77. The lowest BCUT2D eigenvalue weighted by molar-refractivity contribution is 0.717. The van der Waals surface area contributed by atoms with Gasteiger partial charge in [0.15, 0.2) is 0 Å². The smallest absolute Gasteiger partial charge is 0.133 e. The molecule has 0 aliphatic heterocycles. The molecule has 94 valence electrons. The van der Waals surface area contributed by atoms with Gasteiger partial charge in [-0.05, 0) is 26.5 Å². The van der Waals surface area contributed by atoms with Crippen LogP contribution in [-0.2, 0) is 6.54 Å². The molecule has 3 nitrogen and oxygen atoms in total. The Bertz CT molecular complexity index is 360. The summed E-state index contributed by atoms with van der Waals surface area (Å²) in [6, 6.07) is 4.12. The summed E-state index contributed by atoms with van der Waals surface area (Å²) in [4.78, 5) is 6.76. The second-order valence-corrected chi connectivity index (χ2v) is 4.24. The van der Waals surface area contributed by atoms with Crippen LogP contribution in [0, 0.1) is 0 Å². The molecule has 1 N–H and O–H groups in total. The first-order valence-electron chi connectivity index (χ1n) is 6.23. The molecule has 1 aromatic heterocycles. The van der Waals surface area contributed by atoms with E-state index in [2.05, 4.69) is 48.6 Å². The molecule has 1 aromatic rings. The molecule has 1 heterocycles. The topological polar surface area (TPSA) is 28.2 Å². The van der Waals surface area contributed by atoms with Crippen molar-refractivity contribution in [3.8, 4) is 0 Å². The molecule has 1 rings (SSSR count). The van der Waals surface area contributed by atoms with E-state index in [9.17, 15) is 0 Å². The second kappa shape index (κ2) is 7.07. The van der Waals surface area contributed by atoms with Crippen molar-refractivity contribution in [1.82, 2.24) is 10.3 Å². The van der Waals surface area contributed by atoms with Crippen LogP contribution in [-0.4, -0.2) is 24.6 Å². The van der Waals surface area contributed by atoms with Crippen LogP contribution in [0.25, 0.3) is 0 Å². The van der Waals surface area contributed by atoms with E-state index in [0.717, 1.165) is 37.6 Å². The molecule has 0 aliphatic rings. The molecule has 0 atom stereocenters. The Kier molecular flexibility index (Phi) is 5.70. The zero-order valence-corrected chi connectivity index (χ0v) is 11.2. The van der Waals surface area contributed by atoms with Gasteiger partial charge in [-0.1, -0.05) is 25.1 Å². The third kappa shape index (κ3) is 4.19. The monoisotopic (exact) mass is 233 g/mol. The van der Waals surface area contributed by atoms with E-state index < -0.39 is 0 Å². The van der Waals surface area contributed by atoms with E-state index >= 15 is 0 Å². The van der Waals surface area contributed by atoms with Crippen molar-refractivity contribution in [2.24, 2.45) is 0 Å². The number of aromatic nitrogens is 1. The summed E-state index contributed by atoms with van der Waals surface area (Å²) in [6.07, 6.45) is 1.85. The zero-order chi connectivity index (χ0) is 12.7. The average molecular weight is 233 g/mol. The number of pyridine rings is 1. The number of hydrogen-bond donors (Lipinski definition) is 1. The summed E-state index contributed by atoms with van der Waals surface area (Å²) in [7, 11) is 0. The summed E-state index contributed by atoms with van der Waals surface area (Å²) >= 11 is 0. The summed E-state index contributed by atoms with van der Waals surface area (Å²) < 4.78 is 0. The van der Waals surface area contributed by atoms with Gasteiger partial charge in [0.2, 0.25) is 0 Å². The number of rotatable bonds is 7. The molecule has 17 heavy (non-hydrogen) atoms. The minimum Gasteiger partial charge on any atom is -0.353 e. The van der Waals surface area contributed by atoms with Crippen LogP contribution in [0.1, 0.15) is 26.3 Å². The second-order valence-electron chi connectivity index (χ2n) is 4.24. The van der Waals surface area contributed by atoms with Crippen molar-refractivity contribution >= 4 is 5.82 Å². The Morgan fingerprint density at radius 3 is 2.82 bits per heavy atom. The van der Waals surface area contributed by atoms with Gasteiger partial charge in [0.25, 0.3) is 0 Å². The summed E-state index contributed by atoms with van der Waals surface area (Å²) in [6.45, 7) is 13.9. The van der Waals surface area contributed by atoms with Crippen molar-refractivity contribution in [2.45, 2.75) is 27.3 Å². The molecule has 0 aliphatic carbocycles. The van der Waals surface area contributed by atoms with E-state index in [1.807, 2.05) is 12.3 Å². The van der Waals surface area contributed by atoms with Crippen LogP contribution < -0.4 is 10.2 Å². The number of likely N-dealkylation sites (N-methyl/N-ethyl adjacent to an activating group) is 1. The molecule has 0 saturated carbocycles. The molecule has 0 bridgehead atoms. The maximum absolute atomic E-state index is 4.50. The van der Waals surface area contributed by atoms with Crippen molar-refractivity contribution in [3.05, 3.63) is 36.0 Å². The minimum atomic E-state index is 0.867. The largest absolute Gasteiger partial charge is 0.353 e. The van der Waals surface area contributed by atoms with Crippen LogP contribution in [0.5, 0.6) is 0 Å². The van der Waals surface area contributed by atoms with Gasteiger partial charge in [-0.15, -0.1) is 0 Å². The lowest BCUT2D eigenvalue weighted by Crippen LogP contribution is -2.27. The molecule has 0 radical (unpaired) electrons. The molecular weight excluding hydrogens is 210 g/mol. The normalized spacial score (nSPS) is 10.3. The number of nitrogens with zero attached hydrogens (tertiary/aromatic N) is 2. The summed E-state index contributed by atoms with van der Waals surface area (Å²) in [5, 5.41) is 3.35. The van der Waals surface area contributed by atoms with Crippen molar-refractivity contribution in [3.63, 3.8) is 0 Å². The maximum atomic E-state index is 4.50. The fourth-order valence-electron chi connectivity index (χ4n) is 1.77. The molecule has 0 spiro atoms. The van der Waals surface area contributed by atoms with Gasteiger partial charge in [-0.3, -0.25) is 0 Å². The molecule has 0 saturated heterocycles. The van der Waals surface area contributed by atoms with Gasteiger partial charge in [0, 0.05) is 31.4 Å². The van der Waals surface area contributed by atoms with E-state index in [-0.39, 0.29) is 0 Å². The molecule has 0 fully saturated rings. The third-order valence-electron chi connectivity index (χ3n) is 2.57. The van der Waals surface area contributed by atoms with E-state index in [4.69, 9.17) is 0 Å². The van der Waals surface area contributed by atoms with Gasteiger partial charge in [-0.2, -0.15) is 0 Å². The van der Waals surface area contributed by atoms with E-state index in [1.54, 1.807) is 0 Å². The highest BCUT2D eigenvalue weighted by molar-refractivity contribution is 5.47. The van der Waals surface area contributed by atoms with E-state index in [1.165, 1.54) is 5.56 Å². The highest BCUT2D eigenvalue weighted by Crippen LogP contribution is 2.17. The molecular formula is C14H23N3. The van der Waals surface area contributed by atoms with Gasteiger partial charge < -0.3 is 10.2 Å². The highest BCUT2D eigenvalue weighted by atomic mass is 15.2. The van der Waals surface area contributed by atoms with Gasteiger partial charge in [-0.25, -0.2) is 4.98 Å². The molecule has 0 amide bonds. The summed E-state index contributed by atoms with van der Waals surface area (Å²) in [5.74, 6) is 1.07. The predicted molar refractivity (Wildman–Crippen MR) is 74.3 cm³/mol. The Morgan fingerprint density at radius 1 is 1.47 bits per heavy atom. The number of nitrogens with one attached hydrogen (secondary N) is 1. The van der Waals surface area contributed by atoms with Crippen LogP contribution in [0.4, 0.5) is 5.82 Å². The molecule has 0 aromatic carbocycles. The number of hydrogen-bond acceptors (Lipinski definition) is 3. The Hall–Kier alpha value is -1.35. The molecule has 3 heteroatoms. The van der Waals surface area contributed by atoms with Crippen molar-refractivity contribution in [1.29, 1.82) is 0 Å². The minimum absolute atomic E-state index is 0.867. The van der Waals surface area contributed by atoms with Crippen LogP contribution in [0.15, 0.2) is 30.5 Å². The fraction of sp³-hybridized carbons (Fsp3) is 0.500. The first-order chi connectivity index (χ1) is 8.19. The SMILES string of the molecule is C=C(C)CN(CC)c1ncccc1CNCC. The Balaban J connectivity index is 2.88. The van der Waals surface area contributed by atoms with Crippen LogP contribution in [0.3, 0.4) is 0 Å². The van der Waals surface area contributed by atoms with Crippen LogP contribution >= 0.6 is 0 Å². The Labute approximate surface area is 105 Å². The summed E-state index contributed by atoms with van der Waals surface area (Å²) in [5.41, 5.74) is 2.41. The number of anilines is 1. The average Bonchev–Trinajstić information content (AvgIpc) is 2.33.